The van der Waals surface area contributed by atoms with E-state index in [1.165, 1.54) is 4.90 Å². The first-order valence-electron chi connectivity index (χ1n) is 10.9. The first kappa shape index (κ1) is 25.6. The Morgan fingerprint density at radius 1 is 1.15 bits per heavy atom. The quantitative estimate of drug-likeness (QED) is 0.444. The standard InChI is InChI=1S/C21H27FN4O7S/c22-14-6-8-15(9-7-14)34(32,33)25-11-12-26(18(27)4-1-5-19(28)29)17(13-25)21(31)24-16-3-2-10-23-20(16)30/h6-9,16-17H,1-5,10-13H2,(H,23,30)(H,24,31)(H,28,29). The van der Waals surface area contributed by atoms with Gasteiger partial charge in [0.05, 0.1) is 4.90 Å². The predicted molar refractivity (Wildman–Crippen MR) is 116 cm³/mol. The van der Waals surface area contributed by atoms with Crippen molar-refractivity contribution in [3.05, 3.63) is 30.1 Å². The molecule has 1 aromatic rings. The van der Waals surface area contributed by atoms with Gasteiger partial charge in [0.25, 0.3) is 0 Å². The molecular weight excluding hydrogens is 471 g/mol. The minimum atomic E-state index is -4.07. The first-order chi connectivity index (χ1) is 16.1. The van der Waals surface area contributed by atoms with E-state index in [2.05, 4.69) is 10.6 Å². The molecule has 11 nitrogen and oxygen atoms in total. The van der Waals surface area contributed by atoms with Gasteiger partial charge in [0, 0.05) is 39.0 Å². The van der Waals surface area contributed by atoms with Gasteiger partial charge in [0.2, 0.25) is 27.7 Å². The van der Waals surface area contributed by atoms with Gasteiger partial charge in [0.15, 0.2) is 0 Å². The Labute approximate surface area is 196 Å². The summed E-state index contributed by atoms with van der Waals surface area (Å²) in [6.07, 6.45) is 0.800. The van der Waals surface area contributed by atoms with E-state index in [-0.39, 0.29) is 49.7 Å². The van der Waals surface area contributed by atoms with Crippen molar-refractivity contribution in [2.45, 2.75) is 49.1 Å². The van der Waals surface area contributed by atoms with Crippen LogP contribution in [0.25, 0.3) is 0 Å². The van der Waals surface area contributed by atoms with Crippen LogP contribution < -0.4 is 10.6 Å². The van der Waals surface area contributed by atoms with E-state index < -0.39 is 45.7 Å². The Morgan fingerprint density at radius 2 is 1.85 bits per heavy atom. The summed E-state index contributed by atoms with van der Waals surface area (Å²) >= 11 is 0. The molecule has 2 saturated heterocycles. The van der Waals surface area contributed by atoms with Crippen molar-refractivity contribution in [3.8, 4) is 0 Å². The Balaban J connectivity index is 1.80. The molecule has 3 N–H and O–H groups in total. The van der Waals surface area contributed by atoms with Gasteiger partial charge < -0.3 is 20.6 Å². The van der Waals surface area contributed by atoms with Gasteiger partial charge in [-0.1, -0.05) is 0 Å². The third-order valence-corrected chi connectivity index (χ3v) is 7.68. The third-order valence-electron chi connectivity index (χ3n) is 5.80. The normalized spacial score (nSPS) is 21.6. The number of hydrogen-bond acceptors (Lipinski definition) is 6. The molecule has 0 radical (unpaired) electrons. The average molecular weight is 499 g/mol. The molecule has 0 saturated carbocycles. The number of carbonyl (C=O) groups excluding carboxylic acids is 3. The molecule has 0 aromatic heterocycles. The molecule has 0 bridgehead atoms. The van der Waals surface area contributed by atoms with Gasteiger partial charge in [0.1, 0.15) is 17.9 Å². The number of halogens is 1. The second kappa shape index (κ2) is 10.9. The zero-order valence-electron chi connectivity index (χ0n) is 18.4. The van der Waals surface area contributed by atoms with Gasteiger partial charge in [-0.25, -0.2) is 12.8 Å². The number of carboxylic acids is 1. The maximum atomic E-state index is 13.3. The van der Waals surface area contributed by atoms with Crippen molar-refractivity contribution < 1.29 is 37.1 Å². The largest absolute Gasteiger partial charge is 0.481 e. The summed E-state index contributed by atoms with van der Waals surface area (Å²) < 4.78 is 40.4. The van der Waals surface area contributed by atoms with E-state index in [9.17, 15) is 32.0 Å². The molecule has 34 heavy (non-hydrogen) atoms. The van der Waals surface area contributed by atoms with E-state index in [0.29, 0.717) is 19.4 Å². The molecule has 0 aliphatic carbocycles. The van der Waals surface area contributed by atoms with Crippen LogP contribution in [0.4, 0.5) is 4.39 Å². The van der Waals surface area contributed by atoms with Crippen molar-refractivity contribution in [2.75, 3.05) is 26.2 Å². The first-order valence-corrected chi connectivity index (χ1v) is 12.4. The minimum absolute atomic E-state index is 0.0711. The molecule has 2 atom stereocenters. The number of nitrogens with one attached hydrogen (secondary N) is 2. The van der Waals surface area contributed by atoms with Gasteiger partial charge in [-0.05, 0) is 43.5 Å². The Kier molecular flexibility index (Phi) is 8.20. The number of hydrogen-bond donors (Lipinski definition) is 3. The van der Waals surface area contributed by atoms with E-state index in [1.807, 2.05) is 0 Å². The summed E-state index contributed by atoms with van der Waals surface area (Å²) in [5.74, 6) is -3.16. The number of nitrogens with zero attached hydrogens (tertiary/aromatic N) is 2. The van der Waals surface area contributed by atoms with E-state index in [1.54, 1.807) is 0 Å². The lowest BCUT2D eigenvalue weighted by Gasteiger charge is -2.40. The number of sulfonamides is 1. The highest BCUT2D eigenvalue weighted by molar-refractivity contribution is 7.89. The fourth-order valence-electron chi connectivity index (χ4n) is 3.97. The maximum Gasteiger partial charge on any atom is 0.303 e. The number of carbonyl (C=O) groups is 4. The molecule has 2 fully saturated rings. The molecule has 2 unspecified atom stereocenters. The van der Waals surface area contributed by atoms with Crippen LogP contribution in [-0.2, 0) is 29.2 Å². The van der Waals surface area contributed by atoms with Crippen LogP contribution in [0, 0.1) is 5.82 Å². The van der Waals surface area contributed by atoms with Crippen LogP contribution in [0.1, 0.15) is 32.1 Å². The monoisotopic (exact) mass is 498 g/mol. The molecule has 186 valence electrons. The molecular formula is C21H27FN4O7S. The number of carboxylic acid groups (broad SMARTS) is 1. The summed E-state index contributed by atoms with van der Waals surface area (Å²) in [6, 6.07) is 2.26. The third kappa shape index (κ3) is 6.08. The zero-order valence-corrected chi connectivity index (χ0v) is 19.2. The molecule has 3 amide bonds. The SMILES string of the molecule is O=C(O)CCCC(=O)N1CCN(S(=O)(=O)c2ccc(F)cc2)CC1C(=O)NC1CCCNC1=O. The fourth-order valence-corrected chi connectivity index (χ4v) is 5.40. The number of aliphatic carboxylic acids is 1. The maximum absolute atomic E-state index is 13.3. The van der Waals surface area contributed by atoms with Gasteiger partial charge in [-0.3, -0.25) is 19.2 Å². The second-order valence-corrected chi connectivity index (χ2v) is 10.1. The highest BCUT2D eigenvalue weighted by Crippen LogP contribution is 2.22. The highest BCUT2D eigenvalue weighted by Gasteiger charge is 2.40. The minimum Gasteiger partial charge on any atom is -0.481 e. The number of piperazine rings is 1. The molecule has 2 aliphatic heterocycles. The Hall–Kier alpha value is -3.06. The van der Waals surface area contributed by atoms with Crippen LogP contribution in [0.2, 0.25) is 0 Å². The smallest absolute Gasteiger partial charge is 0.303 e. The van der Waals surface area contributed by atoms with Crippen LogP contribution in [0.3, 0.4) is 0 Å². The number of amides is 3. The van der Waals surface area contributed by atoms with Gasteiger partial charge in [-0.15, -0.1) is 0 Å². The lowest BCUT2D eigenvalue weighted by atomic mass is 10.1. The molecule has 1 aromatic carbocycles. The predicted octanol–water partition coefficient (Wildman–Crippen LogP) is -0.323. The fraction of sp³-hybridized carbons (Fsp3) is 0.524. The van der Waals surface area contributed by atoms with Crippen LogP contribution in [-0.4, -0.2) is 84.7 Å². The molecule has 2 aliphatic rings. The Bertz CT molecular complexity index is 1050. The van der Waals surface area contributed by atoms with E-state index >= 15 is 0 Å². The van der Waals surface area contributed by atoms with Gasteiger partial charge >= 0.3 is 5.97 Å². The summed E-state index contributed by atoms with van der Waals surface area (Å²) in [4.78, 5) is 49.8. The number of rotatable bonds is 8. The van der Waals surface area contributed by atoms with Crippen molar-refractivity contribution >= 4 is 33.7 Å². The number of benzene rings is 1. The highest BCUT2D eigenvalue weighted by atomic mass is 32.2. The topological polar surface area (TPSA) is 153 Å². The average Bonchev–Trinajstić information content (AvgIpc) is 2.80. The van der Waals surface area contributed by atoms with Crippen LogP contribution >= 0.6 is 0 Å². The molecule has 3 rings (SSSR count). The zero-order chi connectivity index (χ0) is 24.9. The lowest BCUT2D eigenvalue weighted by Crippen LogP contribution is -2.63. The van der Waals surface area contributed by atoms with Crippen LogP contribution in [0.15, 0.2) is 29.2 Å². The second-order valence-electron chi connectivity index (χ2n) is 8.16. The van der Waals surface area contributed by atoms with E-state index in [4.69, 9.17) is 5.11 Å². The molecule has 0 spiro atoms. The summed E-state index contributed by atoms with van der Waals surface area (Å²) in [6.45, 7) is -0.0591. The van der Waals surface area contributed by atoms with Gasteiger partial charge in [-0.2, -0.15) is 4.31 Å². The molecule has 13 heteroatoms. The van der Waals surface area contributed by atoms with E-state index in [0.717, 1.165) is 28.6 Å². The summed E-state index contributed by atoms with van der Waals surface area (Å²) in [5, 5.41) is 14.1. The Morgan fingerprint density at radius 3 is 2.50 bits per heavy atom. The van der Waals surface area contributed by atoms with Crippen LogP contribution in [0.5, 0.6) is 0 Å². The molecule has 2 heterocycles. The number of piperidine rings is 1. The summed E-state index contributed by atoms with van der Waals surface area (Å²) in [5.41, 5.74) is 0. The van der Waals surface area contributed by atoms with Crippen molar-refractivity contribution in [2.24, 2.45) is 0 Å². The van der Waals surface area contributed by atoms with Crippen molar-refractivity contribution in [3.63, 3.8) is 0 Å². The summed E-state index contributed by atoms with van der Waals surface area (Å²) in [7, 11) is -4.07. The van der Waals surface area contributed by atoms with Crippen molar-refractivity contribution in [1.82, 2.24) is 19.8 Å². The van der Waals surface area contributed by atoms with Crippen molar-refractivity contribution in [1.29, 1.82) is 0 Å². The lowest BCUT2D eigenvalue weighted by molar-refractivity contribution is -0.144.